The Morgan fingerprint density at radius 2 is 1.59 bits per heavy atom. The van der Waals surface area contributed by atoms with E-state index in [0.29, 0.717) is 33.8 Å². The number of para-hydroxylation sites is 1. The number of hydrogen-bond acceptors (Lipinski definition) is 3. The average molecular weight is 569 g/mol. The second-order valence-corrected chi connectivity index (χ2v) is 10.1. The molecule has 0 radical (unpaired) electrons. The van der Waals surface area contributed by atoms with Crippen molar-refractivity contribution in [1.82, 2.24) is 9.47 Å². The summed E-state index contributed by atoms with van der Waals surface area (Å²) in [7, 11) is 0. The van der Waals surface area contributed by atoms with Crippen LogP contribution in [0.1, 0.15) is 18.1 Å². The van der Waals surface area contributed by atoms with E-state index < -0.39 is 11.8 Å². The molecular weight excluding hydrogens is 549 g/mol. The van der Waals surface area contributed by atoms with Gasteiger partial charge in [0.05, 0.1) is 5.69 Å². The summed E-state index contributed by atoms with van der Waals surface area (Å²) in [5.74, 6) is -0.917. The van der Waals surface area contributed by atoms with Gasteiger partial charge in [-0.05, 0) is 73.2 Å². The lowest BCUT2D eigenvalue weighted by atomic mass is 10.1. The van der Waals surface area contributed by atoms with Crippen molar-refractivity contribution in [1.29, 1.82) is 0 Å². The maximum absolute atomic E-state index is 13.7. The number of halogens is 3. The number of thiocarbonyl (C=S) groups is 1. The molecule has 5 rings (SSSR count). The van der Waals surface area contributed by atoms with Gasteiger partial charge in [0, 0.05) is 50.8 Å². The summed E-state index contributed by atoms with van der Waals surface area (Å²) in [6.07, 6.45) is 3.55. The topological polar surface area (TPSA) is 45.6 Å². The molecule has 186 valence electrons. The minimum atomic E-state index is -0.486. The number of anilines is 1. The molecule has 0 aliphatic carbocycles. The van der Waals surface area contributed by atoms with Crippen molar-refractivity contribution in [3.05, 3.63) is 105 Å². The monoisotopic (exact) mass is 567 g/mol. The Kier molecular flexibility index (Phi) is 7.10. The van der Waals surface area contributed by atoms with Crippen LogP contribution in [0.15, 0.2) is 78.5 Å². The summed E-state index contributed by atoms with van der Waals surface area (Å²) >= 11 is 24.1. The molecule has 0 N–H and O–H groups in total. The van der Waals surface area contributed by atoms with Crippen molar-refractivity contribution >= 4 is 86.6 Å². The van der Waals surface area contributed by atoms with Crippen molar-refractivity contribution in [2.45, 2.75) is 13.5 Å². The van der Waals surface area contributed by atoms with Crippen molar-refractivity contribution in [3.8, 4) is 0 Å². The third-order valence-electron chi connectivity index (χ3n) is 6.21. The molecule has 1 saturated heterocycles. The molecule has 0 spiro atoms. The van der Waals surface area contributed by atoms with Gasteiger partial charge in [-0.1, -0.05) is 59.1 Å². The van der Waals surface area contributed by atoms with Crippen LogP contribution >= 0.6 is 47.0 Å². The zero-order valence-electron chi connectivity index (χ0n) is 19.6. The summed E-state index contributed by atoms with van der Waals surface area (Å²) in [6.45, 7) is 2.63. The maximum Gasteiger partial charge on any atom is 0.270 e. The fraction of sp³-hybridized carbons (Fsp3) is 0.107. The number of carbonyl (C=O) groups excluding carboxylic acids is 2. The van der Waals surface area contributed by atoms with E-state index in [9.17, 15) is 9.59 Å². The number of amides is 2. The van der Waals surface area contributed by atoms with Crippen LogP contribution in [-0.4, -0.2) is 32.9 Å². The normalized spacial score (nSPS) is 15.4. The minimum Gasteiger partial charge on any atom is -0.342 e. The van der Waals surface area contributed by atoms with E-state index in [2.05, 4.69) is 0 Å². The van der Waals surface area contributed by atoms with Crippen LogP contribution in [-0.2, 0) is 16.1 Å². The molecule has 1 aliphatic heterocycles. The van der Waals surface area contributed by atoms with Gasteiger partial charge in [-0.2, -0.15) is 0 Å². The Labute approximate surface area is 234 Å². The molecule has 9 heteroatoms. The first-order chi connectivity index (χ1) is 17.8. The molecule has 5 nitrogen and oxygen atoms in total. The van der Waals surface area contributed by atoms with Gasteiger partial charge in [0.25, 0.3) is 11.8 Å². The Hall–Kier alpha value is -3.16. The van der Waals surface area contributed by atoms with E-state index in [0.717, 1.165) is 22.0 Å². The molecular formula is C28H20Cl3N3O2S. The molecule has 0 saturated carbocycles. The second kappa shape index (κ2) is 10.3. The molecule has 0 unspecified atom stereocenters. The highest BCUT2D eigenvalue weighted by molar-refractivity contribution is 7.80. The lowest BCUT2D eigenvalue weighted by Gasteiger charge is -2.36. The molecule has 0 atom stereocenters. The zero-order valence-corrected chi connectivity index (χ0v) is 22.7. The predicted octanol–water partition coefficient (Wildman–Crippen LogP) is 7.21. The van der Waals surface area contributed by atoms with Crippen LogP contribution in [0.25, 0.3) is 17.0 Å². The molecule has 1 aliphatic rings. The number of hydrogen-bond donors (Lipinski definition) is 0. The first kappa shape index (κ1) is 25.5. The number of benzene rings is 3. The van der Waals surface area contributed by atoms with E-state index in [4.69, 9.17) is 47.0 Å². The van der Waals surface area contributed by atoms with Crippen molar-refractivity contribution < 1.29 is 9.59 Å². The van der Waals surface area contributed by atoms with Gasteiger partial charge in [-0.15, -0.1) is 0 Å². The standard InChI is InChI=1S/C28H20Cl3N3O2S/c1-2-33-26(35)23(27(36)34(28(33)37)21-11-9-19(29)10-12-21)13-18-16-32(25-6-4-3-5-22(18)25)15-17-7-8-20(30)14-24(17)31/h3-14,16H,2,15H2,1H3/b23-13+. The number of aromatic nitrogens is 1. The second-order valence-electron chi connectivity index (χ2n) is 8.47. The van der Waals surface area contributed by atoms with Gasteiger partial charge in [0.1, 0.15) is 5.57 Å². The fourth-order valence-electron chi connectivity index (χ4n) is 4.38. The highest BCUT2D eigenvalue weighted by atomic mass is 35.5. The summed E-state index contributed by atoms with van der Waals surface area (Å²) < 4.78 is 2.04. The molecule has 1 fully saturated rings. The number of rotatable bonds is 5. The van der Waals surface area contributed by atoms with E-state index in [1.165, 1.54) is 9.80 Å². The molecule has 2 amide bonds. The Morgan fingerprint density at radius 3 is 2.30 bits per heavy atom. The molecule has 37 heavy (non-hydrogen) atoms. The molecule has 1 aromatic heterocycles. The number of carbonyl (C=O) groups is 2. The third kappa shape index (κ3) is 4.78. The highest BCUT2D eigenvalue weighted by Crippen LogP contribution is 2.31. The Bertz CT molecular complexity index is 1590. The van der Waals surface area contributed by atoms with Gasteiger partial charge < -0.3 is 4.57 Å². The van der Waals surface area contributed by atoms with Crippen LogP contribution in [0.4, 0.5) is 5.69 Å². The van der Waals surface area contributed by atoms with Gasteiger partial charge in [0.15, 0.2) is 5.11 Å². The number of nitrogens with zero attached hydrogens (tertiary/aromatic N) is 3. The lowest BCUT2D eigenvalue weighted by Crippen LogP contribution is -2.56. The number of fused-ring (bicyclic) bond motifs is 1. The highest BCUT2D eigenvalue weighted by Gasteiger charge is 2.39. The van der Waals surface area contributed by atoms with Gasteiger partial charge in [-0.25, -0.2) is 0 Å². The smallest absolute Gasteiger partial charge is 0.270 e. The van der Waals surface area contributed by atoms with Crippen LogP contribution in [0, 0.1) is 0 Å². The molecule has 0 bridgehead atoms. The fourth-order valence-corrected chi connectivity index (χ4v) is 5.38. The predicted molar refractivity (Wildman–Crippen MR) is 154 cm³/mol. The minimum absolute atomic E-state index is 0.0258. The third-order valence-corrected chi connectivity index (χ3v) is 7.45. The summed E-state index contributed by atoms with van der Waals surface area (Å²) in [5.41, 5.74) is 3.13. The van der Waals surface area contributed by atoms with Gasteiger partial charge >= 0.3 is 0 Å². The molecule has 2 heterocycles. The maximum atomic E-state index is 13.7. The zero-order chi connectivity index (χ0) is 26.3. The van der Waals surface area contributed by atoms with Crippen molar-refractivity contribution in [2.24, 2.45) is 0 Å². The van der Waals surface area contributed by atoms with Crippen molar-refractivity contribution in [2.75, 3.05) is 11.4 Å². The lowest BCUT2D eigenvalue weighted by molar-refractivity contribution is -0.127. The average Bonchev–Trinajstić information content (AvgIpc) is 3.22. The first-order valence-electron chi connectivity index (χ1n) is 11.5. The van der Waals surface area contributed by atoms with Crippen molar-refractivity contribution in [3.63, 3.8) is 0 Å². The SMILES string of the molecule is CCN1C(=O)/C(=C\c2cn(Cc3ccc(Cl)cc3Cl)c3ccccc23)C(=O)N(c2ccc(Cl)cc2)C1=S. The summed E-state index contributed by atoms with van der Waals surface area (Å²) in [4.78, 5) is 29.8. The first-order valence-corrected chi connectivity index (χ1v) is 13.0. The van der Waals surface area contributed by atoms with Crippen LogP contribution in [0.3, 0.4) is 0 Å². The van der Waals surface area contributed by atoms with Gasteiger partial charge in [0.2, 0.25) is 0 Å². The van der Waals surface area contributed by atoms with E-state index >= 15 is 0 Å². The van der Waals surface area contributed by atoms with E-state index in [1.807, 2.05) is 48.0 Å². The Morgan fingerprint density at radius 1 is 0.892 bits per heavy atom. The largest absolute Gasteiger partial charge is 0.342 e. The van der Waals surface area contributed by atoms with Crippen LogP contribution < -0.4 is 4.90 Å². The summed E-state index contributed by atoms with van der Waals surface area (Å²) in [5, 5.41) is 2.70. The van der Waals surface area contributed by atoms with E-state index in [-0.39, 0.29) is 10.7 Å². The summed E-state index contributed by atoms with van der Waals surface area (Å²) in [6, 6.07) is 20.0. The molecule has 3 aromatic carbocycles. The van der Waals surface area contributed by atoms with Gasteiger partial charge in [-0.3, -0.25) is 19.4 Å². The Balaban J connectivity index is 1.61. The quantitative estimate of drug-likeness (QED) is 0.145. The van der Waals surface area contributed by atoms with Crippen LogP contribution in [0.5, 0.6) is 0 Å². The molecule has 4 aromatic rings. The van der Waals surface area contributed by atoms with Crippen LogP contribution in [0.2, 0.25) is 15.1 Å². The number of likely N-dealkylation sites (N-methyl/N-ethyl adjacent to an activating group) is 1. The van der Waals surface area contributed by atoms with E-state index in [1.54, 1.807) is 42.5 Å².